The van der Waals surface area contributed by atoms with E-state index >= 15 is 0 Å². The fourth-order valence-corrected chi connectivity index (χ4v) is 5.22. The molecule has 172 valence electrons. The fraction of sp³-hybridized carbons (Fsp3) is 0.263. The predicted molar refractivity (Wildman–Crippen MR) is 126 cm³/mol. The average molecular weight is 554 g/mol. The Bertz CT molecular complexity index is 1380. The number of carbonyl (C=O) groups excluding carboxylic acids is 1. The second-order valence-corrected chi connectivity index (χ2v) is 8.90. The van der Waals surface area contributed by atoms with Gasteiger partial charge in [-0.3, -0.25) is 14.2 Å². The number of imidazole rings is 2. The molecule has 1 aromatic carbocycles. The molecule has 5 rings (SSSR count). The summed E-state index contributed by atoms with van der Waals surface area (Å²) >= 11 is 7.42. The standard InChI is InChI=1S/C19H17BrN5O6PS/c20-18-22-12-15(25(18)17-13(27)14(31-32-33)11(30-17)7-29-8-26)23-19-21-10(6-24(19)16(12)28)9-4-2-1-3-5-9/h1-6,8,11,13-14,17,27,32-33H,7H2,(H,21,23). The van der Waals surface area contributed by atoms with Crippen molar-refractivity contribution in [2.45, 2.75) is 24.5 Å². The number of aliphatic hydroxyl groups is 1. The number of rotatable bonds is 7. The van der Waals surface area contributed by atoms with Gasteiger partial charge in [-0.1, -0.05) is 30.3 Å². The summed E-state index contributed by atoms with van der Waals surface area (Å²) in [6.07, 6.45) is -2.06. The van der Waals surface area contributed by atoms with Gasteiger partial charge in [0.2, 0.25) is 5.78 Å². The van der Waals surface area contributed by atoms with Gasteiger partial charge in [0.25, 0.3) is 12.0 Å². The molecule has 3 aromatic heterocycles. The third-order valence-corrected chi connectivity index (χ3v) is 6.63. The number of aromatic amines is 1. The van der Waals surface area contributed by atoms with Gasteiger partial charge in [0, 0.05) is 6.20 Å². The zero-order valence-corrected chi connectivity index (χ0v) is 20.1. The summed E-state index contributed by atoms with van der Waals surface area (Å²) in [6.45, 7) is 0.169. The Balaban J connectivity index is 1.61. The Kier molecular flexibility index (Phi) is 6.25. The van der Waals surface area contributed by atoms with E-state index in [9.17, 15) is 14.7 Å². The maximum Gasteiger partial charge on any atom is 0.293 e. The topological polar surface area (TPSA) is 133 Å². The highest BCUT2D eigenvalue weighted by molar-refractivity contribution is 9.10. The molecular formula is C19H17BrN5O6PS. The molecule has 0 spiro atoms. The Morgan fingerprint density at radius 1 is 1.33 bits per heavy atom. The first kappa shape index (κ1) is 22.5. The molecule has 1 aliphatic rings. The molecule has 0 amide bonds. The van der Waals surface area contributed by atoms with Crippen LogP contribution in [0.5, 0.6) is 0 Å². The molecule has 2 N–H and O–H groups in total. The van der Waals surface area contributed by atoms with Gasteiger partial charge < -0.3 is 24.1 Å². The van der Waals surface area contributed by atoms with Crippen LogP contribution in [0.25, 0.3) is 28.2 Å². The van der Waals surface area contributed by atoms with Crippen molar-refractivity contribution in [1.82, 2.24) is 23.9 Å². The van der Waals surface area contributed by atoms with Crippen molar-refractivity contribution in [3.05, 3.63) is 51.6 Å². The number of thiol groups is 1. The maximum absolute atomic E-state index is 13.2. The van der Waals surface area contributed by atoms with Crippen LogP contribution in [0, 0.1) is 0 Å². The van der Waals surface area contributed by atoms with E-state index in [-0.39, 0.29) is 36.1 Å². The summed E-state index contributed by atoms with van der Waals surface area (Å²) in [5, 5.41) is 10.9. The molecule has 0 saturated carbocycles. The molecule has 14 heteroatoms. The van der Waals surface area contributed by atoms with E-state index < -0.39 is 24.5 Å². The lowest BCUT2D eigenvalue weighted by Gasteiger charge is -2.19. The number of benzene rings is 1. The Labute approximate surface area is 201 Å². The molecule has 1 saturated heterocycles. The minimum Gasteiger partial charge on any atom is -0.465 e. The summed E-state index contributed by atoms with van der Waals surface area (Å²) < 4.78 is 19.4. The van der Waals surface area contributed by atoms with Crippen molar-refractivity contribution in [2.24, 2.45) is 0 Å². The van der Waals surface area contributed by atoms with E-state index in [1.165, 1.54) is 8.97 Å². The molecular weight excluding hydrogens is 537 g/mol. The van der Waals surface area contributed by atoms with Crippen molar-refractivity contribution >= 4 is 59.6 Å². The van der Waals surface area contributed by atoms with E-state index in [2.05, 4.69) is 43.1 Å². The van der Waals surface area contributed by atoms with E-state index in [1.807, 2.05) is 30.3 Å². The van der Waals surface area contributed by atoms with Gasteiger partial charge in [0.05, 0.1) is 13.7 Å². The second kappa shape index (κ2) is 9.16. The van der Waals surface area contributed by atoms with Crippen molar-refractivity contribution in [3.8, 4) is 11.3 Å². The highest BCUT2D eigenvalue weighted by Gasteiger charge is 2.47. The van der Waals surface area contributed by atoms with E-state index in [0.717, 1.165) is 5.56 Å². The summed E-state index contributed by atoms with van der Waals surface area (Å²) in [7, 11) is -0.224. The first-order valence-electron chi connectivity index (χ1n) is 9.71. The predicted octanol–water partition coefficient (Wildman–Crippen LogP) is 2.06. The van der Waals surface area contributed by atoms with Gasteiger partial charge in [-0.2, -0.15) is 4.98 Å². The van der Waals surface area contributed by atoms with Crippen LogP contribution < -0.4 is 5.56 Å². The minimum absolute atomic E-state index is 0.0925. The fourth-order valence-electron chi connectivity index (χ4n) is 3.90. The lowest BCUT2D eigenvalue weighted by atomic mass is 10.1. The van der Waals surface area contributed by atoms with Gasteiger partial charge in [-0.05, 0) is 21.5 Å². The van der Waals surface area contributed by atoms with Gasteiger partial charge in [-0.25, -0.2) is 9.38 Å². The molecule has 4 heterocycles. The zero-order chi connectivity index (χ0) is 23.1. The van der Waals surface area contributed by atoms with Crippen LogP contribution in [0.2, 0.25) is 0 Å². The molecule has 1 aliphatic heterocycles. The summed E-state index contributed by atoms with van der Waals surface area (Å²) in [5.74, 6) is 0.304. The number of nitrogens with zero attached hydrogens (tertiary/aromatic N) is 4. The molecule has 11 nitrogen and oxygen atoms in total. The molecule has 5 unspecified atom stereocenters. The summed E-state index contributed by atoms with van der Waals surface area (Å²) in [6, 6.07) is 9.52. The number of H-pyrrole nitrogens is 1. The van der Waals surface area contributed by atoms with Gasteiger partial charge in [0.1, 0.15) is 24.9 Å². The lowest BCUT2D eigenvalue weighted by molar-refractivity contribution is -0.134. The Morgan fingerprint density at radius 3 is 2.85 bits per heavy atom. The smallest absolute Gasteiger partial charge is 0.293 e. The van der Waals surface area contributed by atoms with Crippen LogP contribution >= 0.6 is 36.2 Å². The monoisotopic (exact) mass is 553 g/mol. The number of nitrogens with one attached hydrogen (secondary N) is 1. The molecule has 0 radical (unpaired) electrons. The van der Waals surface area contributed by atoms with Crippen LogP contribution in [0.3, 0.4) is 0 Å². The number of halogens is 1. The van der Waals surface area contributed by atoms with E-state index in [1.54, 1.807) is 6.20 Å². The molecule has 0 bridgehead atoms. The number of aliphatic hydroxyl groups excluding tert-OH is 1. The van der Waals surface area contributed by atoms with Crippen molar-refractivity contribution in [3.63, 3.8) is 0 Å². The van der Waals surface area contributed by atoms with Crippen molar-refractivity contribution < 1.29 is 23.9 Å². The highest BCUT2D eigenvalue weighted by Crippen LogP contribution is 2.38. The second-order valence-electron chi connectivity index (χ2n) is 7.23. The van der Waals surface area contributed by atoms with Gasteiger partial charge in [-0.15, -0.1) is 12.2 Å². The summed E-state index contributed by atoms with van der Waals surface area (Å²) in [5.41, 5.74) is 1.52. The highest BCUT2D eigenvalue weighted by atomic mass is 79.9. The number of aromatic nitrogens is 5. The maximum atomic E-state index is 13.2. The largest absolute Gasteiger partial charge is 0.465 e. The van der Waals surface area contributed by atoms with Crippen LogP contribution in [-0.4, -0.2) is 60.4 Å². The van der Waals surface area contributed by atoms with E-state index in [0.29, 0.717) is 17.9 Å². The minimum atomic E-state index is -1.16. The molecule has 5 atom stereocenters. The van der Waals surface area contributed by atoms with Crippen molar-refractivity contribution in [1.29, 1.82) is 0 Å². The normalized spacial score (nSPS) is 23.2. The quantitative estimate of drug-likeness (QED) is 0.137. The first-order chi connectivity index (χ1) is 16.0. The number of hydrogen-bond donors (Lipinski definition) is 3. The number of carbonyl (C=O) groups is 1. The van der Waals surface area contributed by atoms with Crippen LogP contribution in [0.4, 0.5) is 0 Å². The third-order valence-electron chi connectivity index (χ3n) is 5.37. The lowest BCUT2D eigenvalue weighted by Crippen LogP contribution is -2.34. The van der Waals surface area contributed by atoms with Crippen molar-refractivity contribution in [2.75, 3.05) is 6.61 Å². The molecule has 33 heavy (non-hydrogen) atoms. The number of hydrogen-bond acceptors (Lipinski definition) is 9. The average Bonchev–Trinajstić information content (AvgIpc) is 3.48. The van der Waals surface area contributed by atoms with Crippen LogP contribution in [-0.2, 0) is 18.8 Å². The SMILES string of the molecule is O=COCC1OC(n2c(Br)nc3c(=O)n4cc(-c5ccccc5)[nH]c4nc32)C(O)C1OPS. The Morgan fingerprint density at radius 2 is 2.12 bits per heavy atom. The molecule has 0 aliphatic carbocycles. The van der Waals surface area contributed by atoms with Gasteiger partial charge >= 0.3 is 0 Å². The molecule has 4 aromatic rings. The number of fused-ring (bicyclic) bond motifs is 2. The van der Waals surface area contributed by atoms with E-state index in [4.69, 9.17) is 14.0 Å². The van der Waals surface area contributed by atoms with Crippen LogP contribution in [0.1, 0.15) is 6.23 Å². The Hall–Kier alpha value is -2.28. The van der Waals surface area contributed by atoms with Gasteiger partial charge in [0.15, 0.2) is 22.1 Å². The van der Waals surface area contributed by atoms with Crippen LogP contribution in [0.15, 0.2) is 46.1 Å². The summed E-state index contributed by atoms with van der Waals surface area (Å²) in [4.78, 5) is 35.9. The zero-order valence-electron chi connectivity index (χ0n) is 16.7. The first-order valence-corrected chi connectivity index (χ1v) is 12.7. The number of ether oxygens (including phenoxy) is 2. The molecule has 1 fully saturated rings. The third kappa shape index (κ3) is 3.88.